The van der Waals surface area contributed by atoms with Crippen molar-refractivity contribution in [2.45, 2.75) is 52.7 Å². The van der Waals surface area contributed by atoms with E-state index in [0.717, 1.165) is 13.0 Å². The van der Waals surface area contributed by atoms with Crippen molar-refractivity contribution in [3.8, 4) is 0 Å². The van der Waals surface area contributed by atoms with E-state index in [1.165, 1.54) is 0 Å². The standard InChI is InChI=1S/C15H28N2O3.V/c1-10(2)12(14(19)20-15(3,4)5)17(6)13(18)11-7-8-16-9-11;/h10-12,16H,7-9H2,1-6H3;/t11-,12-;/m0./s1. The van der Waals surface area contributed by atoms with Gasteiger partial charge in [0, 0.05) is 32.1 Å². The Kier molecular flexibility index (Phi) is 8.00. The molecule has 21 heavy (non-hydrogen) atoms. The molecular weight excluding hydrogens is 307 g/mol. The Hall–Kier alpha value is -0.516. The molecule has 1 amide bonds. The molecule has 1 radical (unpaired) electrons. The minimum absolute atomic E-state index is 0. The topological polar surface area (TPSA) is 58.6 Å². The number of esters is 1. The van der Waals surface area contributed by atoms with E-state index in [9.17, 15) is 9.59 Å². The fourth-order valence-corrected chi connectivity index (χ4v) is 2.53. The monoisotopic (exact) mass is 335 g/mol. The molecule has 0 spiro atoms. The number of nitrogens with one attached hydrogen (secondary N) is 1. The largest absolute Gasteiger partial charge is 0.458 e. The molecule has 0 aromatic carbocycles. The second kappa shape index (κ2) is 8.21. The first-order valence-corrected chi connectivity index (χ1v) is 7.33. The summed E-state index contributed by atoms with van der Waals surface area (Å²) >= 11 is 0. The van der Waals surface area contributed by atoms with Crippen molar-refractivity contribution in [1.29, 1.82) is 0 Å². The predicted molar refractivity (Wildman–Crippen MR) is 78.2 cm³/mol. The van der Waals surface area contributed by atoms with Crippen LogP contribution in [0.15, 0.2) is 0 Å². The quantitative estimate of drug-likeness (QED) is 0.790. The normalized spacial score (nSPS) is 19.9. The second-order valence-corrected chi connectivity index (χ2v) is 6.86. The maximum Gasteiger partial charge on any atom is 0.329 e. The number of likely N-dealkylation sites (N-methyl/N-ethyl adjacent to an activating group) is 1. The van der Waals surface area contributed by atoms with Crippen molar-refractivity contribution in [2.24, 2.45) is 11.8 Å². The molecule has 1 N–H and O–H groups in total. The van der Waals surface area contributed by atoms with Crippen LogP contribution in [0.25, 0.3) is 0 Å². The van der Waals surface area contributed by atoms with Crippen LogP contribution < -0.4 is 5.32 Å². The summed E-state index contributed by atoms with van der Waals surface area (Å²) < 4.78 is 5.45. The van der Waals surface area contributed by atoms with Crippen LogP contribution in [0.5, 0.6) is 0 Å². The van der Waals surface area contributed by atoms with Gasteiger partial charge in [-0.1, -0.05) is 13.8 Å². The van der Waals surface area contributed by atoms with Gasteiger partial charge in [-0.2, -0.15) is 0 Å². The van der Waals surface area contributed by atoms with Crippen LogP contribution in [0, 0.1) is 11.8 Å². The third-order valence-corrected chi connectivity index (χ3v) is 3.45. The first-order chi connectivity index (χ1) is 9.13. The molecule has 0 saturated carbocycles. The Bertz CT molecular complexity index is 360. The van der Waals surface area contributed by atoms with Gasteiger partial charge in [0.2, 0.25) is 5.91 Å². The van der Waals surface area contributed by atoms with E-state index < -0.39 is 11.6 Å². The number of carbonyl (C=O) groups is 2. The molecule has 1 aliphatic heterocycles. The Labute approximate surface area is 140 Å². The summed E-state index contributed by atoms with van der Waals surface area (Å²) in [5.41, 5.74) is -0.539. The third-order valence-electron chi connectivity index (χ3n) is 3.45. The van der Waals surface area contributed by atoms with E-state index >= 15 is 0 Å². The van der Waals surface area contributed by atoms with Crippen LogP contribution in [0.3, 0.4) is 0 Å². The number of amides is 1. The Morgan fingerprint density at radius 1 is 1.29 bits per heavy atom. The van der Waals surface area contributed by atoms with Gasteiger partial charge >= 0.3 is 5.97 Å². The van der Waals surface area contributed by atoms with Crippen molar-refractivity contribution in [2.75, 3.05) is 20.1 Å². The minimum atomic E-state index is -0.539. The number of carbonyl (C=O) groups excluding carboxylic acids is 2. The molecule has 1 saturated heterocycles. The molecule has 0 bridgehead atoms. The van der Waals surface area contributed by atoms with Gasteiger partial charge in [0.15, 0.2) is 0 Å². The average Bonchev–Trinajstić information content (AvgIpc) is 2.77. The van der Waals surface area contributed by atoms with Crippen LogP contribution in [0.1, 0.15) is 41.0 Å². The maximum absolute atomic E-state index is 12.4. The van der Waals surface area contributed by atoms with Gasteiger partial charge in [0.1, 0.15) is 11.6 Å². The average molecular weight is 335 g/mol. The number of hydrogen-bond acceptors (Lipinski definition) is 4. The van der Waals surface area contributed by atoms with Gasteiger partial charge in [0.05, 0.1) is 5.92 Å². The summed E-state index contributed by atoms with van der Waals surface area (Å²) in [5, 5.41) is 3.18. The zero-order chi connectivity index (χ0) is 15.5. The van der Waals surface area contributed by atoms with Crippen molar-refractivity contribution in [1.82, 2.24) is 10.2 Å². The fraction of sp³-hybridized carbons (Fsp3) is 0.867. The molecular formula is C15H28N2O3V. The molecule has 2 atom stereocenters. The molecule has 1 heterocycles. The van der Waals surface area contributed by atoms with E-state index in [4.69, 9.17) is 4.74 Å². The molecule has 1 rings (SSSR count). The number of hydrogen-bond donors (Lipinski definition) is 1. The van der Waals surface area contributed by atoms with Gasteiger partial charge in [-0.3, -0.25) is 4.79 Å². The van der Waals surface area contributed by atoms with Crippen LogP contribution >= 0.6 is 0 Å². The van der Waals surface area contributed by atoms with Crippen LogP contribution in [0.4, 0.5) is 0 Å². The first-order valence-electron chi connectivity index (χ1n) is 7.33. The minimum Gasteiger partial charge on any atom is -0.458 e. The van der Waals surface area contributed by atoms with E-state index in [0.29, 0.717) is 6.54 Å². The van der Waals surface area contributed by atoms with E-state index in [-0.39, 0.29) is 42.3 Å². The molecule has 121 valence electrons. The summed E-state index contributed by atoms with van der Waals surface area (Å²) in [6.07, 6.45) is 0.836. The number of rotatable bonds is 4. The summed E-state index contributed by atoms with van der Waals surface area (Å²) in [6, 6.07) is -0.526. The van der Waals surface area contributed by atoms with Crippen LogP contribution in [0.2, 0.25) is 0 Å². The molecule has 0 aromatic heterocycles. The van der Waals surface area contributed by atoms with Crippen LogP contribution in [-0.4, -0.2) is 48.6 Å². The molecule has 1 fully saturated rings. The molecule has 0 aliphatic carbocycles. The Balaban J connectivity index is 0.00000400. The van der Waals surface area contributed by atoms with Crippen molar-refractivity contribution in [3.05, 3.63) is 0 Å². The number of nitrogens with zero attached hydrogens (tertiary/aromatic N) is 1. The Morgan fingerprint density at radius 2 is 1.86 bits per heavy atom. The van der Waals surface area contributed by atoms with Crippen molar-refractivity contribution < 1.29 is 32.9 Å². The number of ether oxygens (including phenoxy) is 1. The van der Waals surface area contributed by atoms with E-state index in [1.54, 1.807) is 11.9 Å². The summed E-state index contributed by atoms with van der Waals surface area (Å²) in [7, 11) is 1.70. The summed E-state index contributed by atoms with van der Waals surface area (Å²) in [4.78, 5) is 26.3. The van der Waals surface area contributed by atoms with E-state index in [2.05, 4.69) is 5.32 Å². The zero-order valence-electron chi connectivity index (χ0n) is 14.0. The molecule has 0 unspecified atom stereocenters. The summed E-state index contributed by atoms with van der Waals surface area (Å²) in [6.45, 7) is 10.9. The molecule has 0 aromatic rings. The molecule has 6 heteroatoms. The van der Waals surface area contributed by atoms with E-state index in [1.807, 2.05) is 34.6 Å². The van der Waals surface area contributed by atoms with Gasteiger partial charge in [0.25, 0.3) is 0 Å². The van der Waals surface area contributed by atoms with Crippen molar-refractivity contribution in [3.63, 3.8) is 0 Å². The van der Waals surface area contributed by atoms with Gasteiger partial charge in [-0.05, 0) is 39.7 Å². The Morgan fingerprint density at radius 3 is 2.24 bits per heavy atom. The van der Waals surface area contributed by atoms with Gasteiger partial charge in [-0.15, -0.1) is 0 Å². The molecule has 5 nitrogen and oxygen atoms in total. The predicted octanol–water partition coefficient (Wildman–Crippen LogP) is 1.42. The SMILES string of the molecule is CC(C)[C@@H](C(=O)OC(C)(C)C)N(C)C(=O)[C@H]1CCNC1.[V]. The zero-order valence-corrected chi connectivity index (χ0v) is 15.4. The summed E-state index contributed by atoms with van der Waals surface area (Å²) in [5.74, 6) is -0.300. The third kappa shape index (κ3) is 6.01. The fourth-order valence-electron chi connectivity index (χ4n) is 2.53. The second-order valence-electron chi connectivity index (χ2n) is 6.86. The van der Waals surface area contributed by atoms with Gasteiger partial charge in [-0.25, -0.2) is 4.79 Å². The first kappa shape index (κ1) is 20.5. The van der Waals surface area contributed by atoms with Crippen molar-refractivity contribution >= 4 is 11.9 Å². The van der Waals surface area contributed by atoms with Crippen LogP contribution in [-0.2, 0) is 32.9 Å². The smallest absolute Gasteiger partial charge is 0.329 e. The van der Waals surface area contributed by atoms with Gasteiger partial charge < -0.3 is 15.0 Å². The maximum atomic E-state index is 12.4. The molecule has 1 aliphatic rings.